The highest BCUT2D eigenvalue weighted by Gasteiger charge is 2.29. The third-order valence-electron chi connectivity index (χ3n) is 4.67. The summed E-state index contributed by atoms with van der Waals surface area (Å²) in [6.45, 7) is 0. The zero-order chi connectivity index (χ0) is 19.1. The first-order valence-electron chi connectivity index (χ1n) is 9.25. The molecule has 1 aromatic carbocycles. The molecule has 2 aliphatic rings. The molecule has 2 heterocycles. The lowest BCUT2D eigenvalue weighted by Crippen LogP contribution is -2.16. The van der Waals surface area contributed by atoms with Crippen molar-refractivity contribution in [3.05, 3.63) is 54.5 Å². The van der Waals surface area contributed by atoms with Crippen molar-refractivity contribution in [2.24, 2.45) is 0 Å². The molecule has 0 amide bonds. The highest BCUT2D eigenvalue weighted by molar-refractivity contribution is 7.92. The highest BCUT2D eigenvalue weighted by Crippen LogP contribution is 2.40. The largest absolute Gasteiger partial charge is 0.490 e. The number of anilines is 1. The van der Waals surface area contributed by atoms with Crippen molar-refractivity contribution in [3.63, 3.8) is 0 Å². The average molecular weight is 397 g/mol. The SMILES string of the molecule is O=S(=O)(Nc1cc(C2CC2)nn1-c1ncccn1)c1ccc(OC2CC2)cc1. The molecule has 0 spiro atoms. The van der Waals surface area contributed by atoms with E-state index in [1.165, 1.54) is 4.68 Å². The maximum atomic E-state index is 12.9. The first-order valence-corrected chi connectivity index (χ1v) is 10.7. The summed E-state index contributed by atoms with van der Waals surface area (Å²) in [6, 6.07) is 9.91. The topological polar surface area (TPSA) is 99.0 Å². The van der Waals surface area contributed by atoms with Crippen LogP contribution in [0.5, 0.6) is 5.75 Å². The summed E-state index contributed by atoms with van der Waals surface area (Å²) in [5, 5.41) is 4.52. The van der Waals surface area contributed by atoms with Crippen LogP contribution in [0.15, 0.2) is 53.7 Å². The summed E-state index contributed by atoms with van der Waals surface area (Å²) in [5.41, 5.74) is 0.846. The molecule has 3 aromatic rings. The lowest BCUT2D eigenvalue weighted by Gasteiger charge is -2.10. The molecule has 5 rings (SSSR count). The van der Waals surface area contributed by atoms with Gasteiger partial charge in [-0.25, -0.2) is 18.4 Å². The summed E-state index contributed by atoms with van der Waals surface area (Å²) in [6.07, 6.45) is 7.67. The van der Waals surface area contributed by atoms with E-state index in [4.69, 9.17) is 4.74 Å². The number of hydrogen-bond donors (Lipinski definition) is 1. The van der Waals surface area contributed by atoms with Crippen LogP contribution in [0, 0.1) is 0 Å². The van der Waals surface area contributed by atoms with Crippen LogP contribution in [0.4, 0.5) is 5.82 Å². The third kappa shape index (κ3) is 3.57. The Morgan fingerprint density at radius 3 is 2.39 bits per heavy atom. The standard InChI is InChI=1S/C19H19N5O3S/c25-28(26,16-8-6-15(7-9-16)27-14-4-5-14)23-18-12-17(13-2-3-13)22-24(18)19-20-10-1-11-21-19/h1,6-14,23H,2-5H2. The average Bonchev–Trinajstić information content (AvgIpc) is 3.63. The van der Waals surface area contributed by atoms with Crippen LogP contribution >= 0.6 is 0 Å². The zero-order valence-corrected chi connectivity index (χ0v) is 15.8. The van der Waals surface area contributed by atoms with E-state index in [0.717, 1.165) is 31.4 Å². The highest BCUT2D eigenvalue weighted by atomic mass is 32.2. The summed E-state index contributed by atoms with van der Waals surface area (Å²) >= 11 is 0. The van der Waals surface area contributed by atoms with Gasteiger partial charge >= 0.3 is 0 Å². The molecule has 28 heavy (non-hydrogen) atoms. The van der Waals surface area contributed by atoms with Gasteiger partial charge in [0.2, 0.25) is 0 Å². The van der Waals surface area contributed by atoms with Crippen LogP contribution in [0.25, 0.3) is 5.95 Å². The fourth-order valence-corrected chi connectivity index (χ4v) is 3.91. The van der Waals surface area contributed by atoms with E-state index in [9.17, 15) is 8.42 Å². The molecule has 0 bridgehead atoms. The Morgan fingerprint density at radius 2 is 1.75 bits per heavy atom. The zero-order valence-electron chi connectivity index (χ0n) is 15.0. The molecule has 144 valence electrons. The second-order valence-electron chi connectivity index (χ2n) is 7.08. The summed E-state index contributed by atoms with van der Waals surface area (Å²) in [4.78, 5) is 8.53. The number of rotatable bonds is 7. The van der Waals surface area contributed by atoms with Crippen LogP contribution in [-0.4, -0.2) is 34.3 Å². The molecule has 0 radical (unpaired) electrons. The van der Waals surface area contributed by atoms with Crippen molar-refractivity contribution >= 4 is 15.8 Å². The predicted octanol–water partition coefficient (Wildman–Crippen LogP) is 2.88. The van der Waals surface area contributed by atoms with Crippen LogP contribution < -0.4 is 9.46 Å². The van der Waals surface area contributed by atoms with E-state index < -0.39 is 10.0 Å². The fourth-order valence-electron chi connectivity index (χ4n) is 2.88. The molecule has 1 N–H and O–H groups in total. The second kappa shape index (κ2) is 6.59. The summed E-state index contributed by atoms with van der Waals surface area (Å²) in [7, 11) is -3.79. The van der Waals surface area contributed by atoms with Crippen molar-refractivity contribution in [1.29, 1.82) is 0 Å². The summed E-state index contributed by atoms with van der Waals surface area (Å²) < 4.78 is 35.5. The number of benzene rings is 1. The molecule has 2 aromatic heterocycles. The minimum atomic E-state index is -3.79. The Labute approximate surface area is 162 Å². The lowest BCUT2D eigenvalue weighted by molar-refractivity contribution is 0.303. The van der Waals surface area contributed by atoms with Gasteiger partial charge in [0.25, 0.3) is 16.0 Å². The van der Waals surface area contributed by atoms with E-state index in [-0.39, 0.29) is 11.0 Å². The first kappa shape index (κ1) is 17.2. The smallest absolute Gasteiger partial charge is 0.263 e. The molecule has 2 saturated carbocycles. The maximum absolute atomic E-state index is 12.9. The van der Waals surface area contributed by atoms with Gasteiger partial charge in [0.15, 0.2) is 0 Å². The molecule has 0 unspecified atom stereocenters. The van der Waals surface area contributed by atoms with Crippen LogP contribution in [0.3, 0.4) is 0 Å². The van der Waals surface area contributed by atoms with Crippen molar-refractivity contribution in [3.8, 4) is 11.7 Å². The minimum Gasteiger partial charge on any atom is -0.490 e. The predicted molar refractivity (Wildman–Crippen MR) is 102 cm³/mol. The van der Waals surface area contributed by atoms with Crippen LogP contribution in [0.2, 0.25) is 0 Å². The normalized spacial score (nSPS) is 16.7. The van der Waals surface area contributed by atoms with Gasteiger partial charge < -0.3 is 4.74 Å². The van der Waals surface area contributed by atoms with Gasteiger partial charge in [-0.1, -0.05) is 0 Å². The first-order chi connectivity index (χ1) is 13.6. The molecule has 9 heteroatoms. The summed E-state index contributed by atoms with van der Waals surface area (Å²) in [5.74, 6) is 1.69. The molecular weight excluding hydrogens is 378 g/mol. The van der Waals surface area contributed by atoms with Gasteiger partial charge in [-0.15, -0.1) is 0 Å². The quantitative estimate of drug-likeness (QED) is 0.658. The number of sulfonamides is 1. The molecule has 0 saturated heterocycles. The second-order valence-corrected chi connectivity index (χ2v) is 8.77. The van der Waals surface area contributed by atoms with Crippen molar-refractivity contribution in [2.45, 2.75) is 42.6 Å². The van der Waals surface area contributed by atoms with Gasteiger partial charge in [-0.05, 0) is 56.0 Å². The van der Waals surface area contributed by atoms with Gasteiger partial charge in [-0.3, -0.25) is 4.72 Å². The Hall–Kier alpha value is -2.94. The molecule has 0 atom stereocenters. The lowest BCUT2D eigenvalue weighted by atomic mass is 10.3. The number of aromatic nitrogens is 4. The van der Waals surface area contributed by atoms with Gasteiger partial charge in [0.05, 0.1) is 16.7 Å². The molecule has 2 fully saturated rings. The van der Waals surface area contributed by atoms with Crippen molar-refractivity contribution in [1.82, 2.24) is 19.7 Å². The Kier molecular flexibility index (Phi) is 4.04. The van der Waals surface area contributed by atoms with E-state index in [0.29, 0.717) is 23.4 Å². The van der Waals surface area contributed by atoms with E-state index in [1.807, 2.05) is 0 Å². The van der Waals surface area contributed by atoms with Gasteiger partial charge in [0.1, 0.15) is 11.6 Å². The number of nitrogens with one attached hydrogen (secondary N) is 1. The van der Waals surface area contributed by atoms with Crippen molar-refractivity contribution < 1.29 is 13.2 Å². The molecule has 0 aliphatic heterocycles. The third-order valence-corrected chi connectivity index (χ3v) is 6.04. The number of ether oxygens (including phenoxy) is 1. The molecule has 8 nitrogen and oxygen atoms in total. The van der Waals surface area contributed by atoms with Gasteiger partial charge in [-0.2, -0.15) is 9.78 Å². The van der Waals surface area contributed by atoms with Gasteiger partial charge in [0, 0.05) is 24.4 Å². The van der Waals surface area contributed by atoms with Crippen molar-refractivity contribution in [2.75, 3.05) is 4.72 Å². The maximum Gasteiger partial charge on any atom is 0.263 e. The minimum absolute atomic E-state index is 0.158. The van der Waals surface area contributed by atoms with E-state index in [1.54, 1.807) is 48.8 Å². The Morgan fingerprint density at radius 1 is 1.04 bits per heavy atom. The Balaban J connectivity index is 1.44. The van der Waals surface area contributed by atoms with Crippen LogP contribution in [-0.2, 0) is 10.0 Å². The number of nitrogens with zero attached hydrogens (tertiary/aromatic N) is 4. The number of hydrogen-bond acceptors (Lipinski definition) is 6. The fraction of sp³-hybridized carbons (Fsp3) is 0.316. The monoisotopic (exact) mass is 397 g/mol. The van der Waals surface area contributed by atoms with E-state index in [2.05, 4.69) is 19.8 Å². The Bertz CT molecular complexity index is 1090. The molecular formula is C19H19N5O3S. The molecule has 2 aliphatic carbocycles. The van der Waals surface area contributed by atoms with E-state index >= 15 is 0 Å². The van der Waals surface area contributed by atoms with Crippen LogP contribution in [0.1, 0.15) is 37.3 Å².